The first-order valence-corrected chi connectivity index (χ1v) is 8.76. The molecule has 124 valence electrons. The van der Waals surface area contributed by atoms with Crippen molar-refractivity contribution >= 4 is 5.91 Å². The van der Waals surface area contributed by atoms with Gasteiger partial charge in [0.15, 0.2) is 0 Å². The summed E-state index contributed by atoms with van der Waals surface area (Å²) in [6, 6.07) is 0.668. The summed E-state index contributed by atoms with van der Waals surface area (Å²) in [5.74, 6) is 0.957. The number of hydrogen-bond donors (Lipinski definition) is 1. The predicted octanol–water partition coefficient (Wildman–Crippen LogP) is 2.34. The third kappa shape index (κ3) is 7.82. The quantitative estimate of drug-likeness (QED) is 0.664. The molecule has 0 radical (unpaired) electrons. The number of carbonyl (C=O) groups excluding carboxylic acids is 1. The van der Waals surface area contributed by atoms with E-state index < -0.39 is 0 Å². The van der Waals surface area contributed by atoms with Crippen molar-refractivity contribution in [3.05, 3.63) is 0 Å². The Morgan fingerprint density at radius 3 is 2.33 bits per heavy atom. The summed E-state index contributed by atoms with van der Waals surface area (Å²) >= 11 is 0. The molecule has 1 saturated heterocycles. The Labute approximate surface area is 131 Å². The van der Waals surface area contributed by atoms with Crippen LogP contribution >= 0.6 is 0 Å². The van der Waals surface area contributed by atoms with Gasteiger partial charge in [-0.3, -0.25) is 14.6 Å². The van der Waals surface area contributed by atoms with Crippen molar-refractivity contribution in [3.8, 4) is 0 Å². The minimum absolute atomic E-state index is 0.191. The monoisotopic (exact) mass is 297 g/mol. The van der Waals surface area contributed by atoms with E-state index in [-0.39, 0.29) is 5.91 Å². The molecule has 4 nitrogen and oxygen atoms in total. The summed E-state index contributed by atoms with van der Waals surface area (Å²) in [6.07, 6.45) is 4.78. The van der Waals surface area contributed by atoms with Crippen LogP contribution in [-0.4, -0.2) is 61.0 Å². The molecule has 1 N–H and O–H groups in total. The number of piperazine rings is 1. The van der Waals surface area contributed by atoms with Crippen LogP contribution in [0.2, 0.25) is 0 Å². The highest BCUT2D eigenvalue weighted by molar-refractivity contribution is 5.77. The number of nitrogens with zero attached hydrogens (tertiary/aromatic N) is 2. The molecule has 1 rings (SSSR count). The molecular weight excluding hydrogens is 262 g/mol. The van der Waals surface area contributed by atoms with Crippen molar-refractivity contribution in [2.45, 2.75) is 59.4 Å². The molecule has 0 bridgehead atoms. The van der Waals surface area contributed by atoms with Gasteiger partial charge in [0.05, 0.1) is 6.54 Å². The third-order valence-corrected chi connectivity index (χ3v) is 4.52. The molecule has 1 unspecified atom stereocenters. The molecule has 0 aromatic rings. The summed E-state index contributed by atoms with van der Waals surface area (Å²) in [4.78, 5) is 16.7. The van der Waals surface area contributed by atoms with Gasteiger partial charge < -0.3 is 5.32 Å². The Morgan fingerprint density at radius 1 is 1.10 bits per heavy atom. The fourth-order valence-corrected chi connectivity index (χ4v) is 2.78. The lowest BCUT2D eigenvalue weighted by atomic mass is 10.1. The zero-order valence-electron chi connectivity index (χ0n) is 14.5. The Morgan fingerprint density at radius 2 is 1.76 bits per heavy atom. The number of rotatable bonds is 9. The van der Waals surface area contributed by atoms with Gasteiger partial charge in [0, 0.05) is 38.8 Å². The van der Waals surface area contributed by atoms with Crippen molar-refractivity contribution in [3.63, 3.8) is 0 Å². The summed E-state index contributed by atoms with van der Waals surface area (Å²) in [5, 5.41) is 3.05. The van der Waals surface area contributed by atoms with Crippen LogP contribution in [0.1, 0.15) is 53.4 Å². The molecule has 1 aliphatic heterocycles. The van der Waals surface area contributed by atoms with Gasteiger partial charge >= 0.3 is 0 Å². The van der Waals surface area contributed by atoms with Crippen LogP contribution in [-0.2, 0) is 4.79 Å². The topological polar surface area (TPSA) is 35.6 Å². The number of hydrogen-bond acceptors (Lipinski definition) is 3. The molecule has 1 amide bonds. The zero-order chi connectivity index (χ0) is 15.7. The van der Waals surface area contributed by atoms with Gasteiger partial charge in [0.25, 0.3) is 0 Å². The lowest BCUT2D eigenvalue weighted by Gasteiger charge is -2.37. The third-order valence-electron chi connectivity index (χ3n) is 4.52. The molecule has 1 atom stereocenters. The molecule has 4 heteroatoms. The van der Waals surface area contributed by atoms with E-state index in [1.807, 2.05) is 0 Å². The first-order chi connectivity index (χ1) is 10.0. The molecule has 1 heterocycles. The highest BCUT2D eigenvalue weighted by atomic mass is 16.2. The molecule has 1 aliphatic rings. The average molecular weight is 297 g/mol. The van der Waals surface area contributed by atoms with E-state index in [0.717, 1.165) is 45.1 Å². The highest BCUT2D eigenvalue weighted by Gasteiger charge is 2.21. The Hall–Kier alpha value is -0.610. The minimum atomic E-state index is 0.191. The summed E-state index contributed by atoms with van der Waals surface area (Å²) in [5.41, 5.74) is 0. The number of nitrogens with one attached hydrogen (secondary N) is 1. The molecule has 0 aromatic carbocycles. The molecule has 0 aliphatic carbocycles. The van der Waals surface area contributed by atoms with E-state index in [0.29, 0.717) is 12.6 Å². The van der Waals surface area contributed by atoms with Gasteiger partial charge in [-0.05, 0) is 25.7 Å². The standard InChI is InChI=1S/C17H35N3O/c1-5-16(4)20-12-10-19(11-13-20)14-17(21)18-9-7-6-8-15(2)3/h15-16H,5-14H2,1-4H3,(H,18,21). The molecular formula is C17H35N3O. The van der Waals surface area contributed by atoms with E-state index in [1.165, 1.54) is 19.3 Å². The smallest absolute Gasteiger partial charge is 0.234 e. The second-order valence-electron chi connectivity index (χ2n) is 6.81. The number of unbranched alkanes of at least 4 members (excludes halogenated alkanes) is 1. The Kier molecular flexibility index (Phi) is 8.93. The molecule has 1 fully saturated rings. The van der Waals surface area contributed by atoms with E-state index >= 15 is 0 Å². The van der Waals surface area contributed by atoms with E-state index in [9.17, 15) is 4.79 Å². The van der Waals surface area contributed by atoms with Crippen LogP contribution < -0.4 is 5.32 Å². The Bertz CT molecular complexity index is 286. The Balaban J connectivity index is 2.08. The normalized spacial score (nSPS) is 18.9. The average Bonchev–Trinajstić information content (AvgIpc) is 2.46. The summed E-state index contributed by atoms with van der Waals surface area (Å²) in [7, 11) is 0. The van der Waals surface area contributed by atoms with Crippen molar-refractivity contribution in [2.75, 3.05) is 39.3 Å². The maximum Gasteiger partial charge on any atom is 0.234 e. The van der Waals surface area contributed by atoms with Crippen LogP contribution in [0.15, 0.2) is 0 Å². The number of carbonyl (C=O) groups is 1. The van der Waals surface area contributed by atoms with Crippen LogP contribution in [0.4, 0.5) is 0 Å². The van der Waals surface area contributed by atoms with Gasteiger partial charge in [-0.2, -0.15) is 0 Å². The lowest BCUT2D eigenvalue weighted by molar-refractivity contribution is -0.122. The maximum atomic E-state index is 11.9. The van der Waals surface area contributed by atoms with Crippen LogP contribution in [0.5, 0.6) is 0 Å². The van der Waals surface area contributed by atoms with Crippen LogP contribution in [0.25, 0.3) is 0 Å². The largest absolute Gasteiger partial charge is 0.355 e. The van der Waals surface area contributed by atoms with E-state index in [1.54, 1.807) is 0 Å². The van der Waals surface area contributed by atoms with Crippen molar-refractivity contribution in [1.82, 2.24) is 15.1 Å². The van der Waals surface area contributed by atoms with Crippen LogP contribution in [0.3, 0.4) is 0 Å². The number of amides is 1. The summed E-state index contributed by atoms with van der Waals surface area (Å²) < 4.78 is 0. The lowest BCUT2D eigenvalue weighted by Crippen LogP contribution is -2.51. The summed E-state index contributed by atoms with van der Waals surface area (Å²) in [6.45, 7) is 14.7. The van der Waals surface area contributed by atoms with E-state index in [4.69, 9.17) is 0 Å². The van der Waals surface area contributed by atoms with Crippen LogP contribution in [0, 0.1) is 5.92 Å². The van der Waals surface area contributed by atoms with E-state index in [2.05, 4.69) is 42.8 Å². The first kappa shape index (κ1) is 18.4. The zero-order valence-corrected chi connectivity index (χ0v) is 14.5. The van der Waals surface area contributed by atoms with Gasteiger partial charge in [0.1, 0.15) is 0 Å². The SMILES string of the molecule is CCC(C)N1CCN(CC(=O)NCCCCC(C)C)CC1. The molecule has 0 spiro atoms. The van der Waals surface area contributed by atoms with Crippen molar-refractivity contribution in [2.24, 2.45) is 5.92 Å². The fourth-order valence-electron chi connectivity index (χ4n) is 2.78. The second kappa shape index (κ2) is 10.2. The highest BCUT2D eigenvalue weighted by Crippen LogP contribution is 2.08. The van der Waals surface area contributed by atoms with Gasteiger partial charge in [-0.25, -0.2) is 0 Å². The van der Waals surface area contributed by atoms with Gasteiger partial charge in [-0.1, -0.05) is 33.6 Å². The van der Waals surface area contributed by atoms with Gasteiger partial charge in [0.2, 0.25) is 5.91 Å². The minimum Gasteiger partial charge on any atom is -0.355 e. The predicted molar refractivity (Wildman–Crippen MR) is 89.5 cm³/mol. The fraction of sp³-hybridized carbons (Fsp3) is 0.941. The van der Waals surface area contributed by atoms with Crippen molar-refractivity contribution < 1.29 is 4.79 Å². The molecule has 0 aromatic heterocycles. The molecule has 0 saturated carbocycles. The second-order valence-corrected chi connectivity index (χ2v) is 6.81. The first-order valence-electron chi connectivity index (χ1n) is 8.76. The maximum absolute atomic E-state index is 11.9. The van der Waals surface area contributed by atoms with Gasteiger partial charge in [-0.15, -0.1) is 0 Å². The molecule has 21 heavy (non-hydrogen) atoms. The van der Waals surface area contributed by atoms with Crippen molar-refractivity contribution in [1.29, 1.82) is 0 Å².